The van der Waals surface area contributed by atoms with Gasteiger partial charge in [0.2, 0.25) is 11.9 Å². The summed E-state index contributed by atoms with van der Waals surface area (Å²) in [6.07, 6.45) is -0.556. The molecule has 0 aliphatic carbocycles. The number of halogens is 1. The van der Waals surface area contributed by atoms with Crippen molar-refractivity contribution in [3.8, 4) is 23.0 Å². The molecule has 1 aliphatic rings. The van der Waals surface area contributed by atoms with Crippen LogP contribution in [-0.2, 0) is 4.79 Å². The molecular weight excluding hydrogens is 486 g/mol. The lowest BCUT2D eigenvalue weighted by Gasteiger charge is -2.41. The molecule has 1 unspecified atom stereocenters. The van der Waals surface area contributed by atoms with Crippen LogP contribution in [0.25, 0.3) is 10.9 Å². The Hall–Kier alpha value is -3.66. The molecular formula is C25H32ClN5O5. The fraction of sp³-hybridized carbons (Fsp3) is 0.400. The zero-order chi connectivity index (χ0) is 25.1. The number of nitrogens with zero attached hydrogens (tertiary/aromatic N) is 4. The Morgan fingerprint density at radius 1 is 0.972 bits per heavy atom. The maximum absolute atomic E-state index is 12.8. The first kappa shape index (κ1) is 26.9. The summed E-state index contributed by atoms with van der Waals surface area (Å²) in [5, 5.41) is 0.655. The Kier molecular flexibility index (Phi) is 8.52. The first-order valence-electron chi connectivity index (χ1n) is 11.4. The molecule has 1 saturated heterocycles. The lowest BCUT2D eigenvalue weighted by Crippen LogP contribution is -2.58. The van der Waals surface area contributed by atoms with Crippen molar-refractivity contribution in [1.29, 1.82) is 0 Å². The van der Waals surface area contributed by atoms with Crippen LogP contribution in [0.3, 0.4) is 0 Å². The summed E-state index contributed by atoms with van der Waals surface area (Å²) in [7, 11) is 4.72. The number of nitrogens with two attached hydrogens (primary N) is 1. The van der Waals surface area contributed by atoms with Crippen LogP contribution in [-0.4, -0.2) is 68.0 Å². The SMILES string of the molecule is COc1cc2nc(N3CCN(C(=O)C(C)C)CC3Oc3ccccc3OC)nc(N)c2cc1OC.Cl. The van der Waals surface area contributed by atoms with Crippen molar-refractivity contribution in [3.63, 3.8) is 0 Å². The number of carbonyl (C=O) groups is 1. The van der Waals surface area contributed by atoms with Gasteiger partial charge in [0.05, 0.1) is 33.4 Å². The molecule has 1 aromatic heterocycles. The van der Waals surface area contributed by atoms with Crippen molar-refractivity contribution in [3.05, 3.63) is 36.4 Å². The predicted octanol–water partition coefficient (Wildman–Crippen LogP) is 3.37. The van der Waals surface area contributed by atoms with E-state index < -0.39 is 6.23 Å². The maximum Gasteiger partial charge on any atom is 0.230 e. The standard InChI is InChI=1S/C25H31N5O5.ClH/c1-15(2)24(31)29-10-11-30(22(14-29)35-19-9-7-6-8-18(19)32-3)25-27-17-13-21(34-5)20(33-4)12-16(17)23(26)28-25;/h6-9,12-13,15,22H,10-11,14H2,1-5H3,(H2,26,27,28);1H. The van der Waals surface area contributed by atoms with Crippen molar-refractivity contribution in [2.45, 2.75) is 20.1 Å². The summed E-state index contributed by atoms with van der Waals surface area (Å²) in [6, 6.07) is 10.9. The minimum Gasteiger partial charge on any atom is -0.493 e. The normalized spacial score (nSPS) is 15.4. The summed E-state index contributed by atoms with van der Waals surface area (Å²) in [5.74, 6) is 2.89. The van der Waals surface area contributed by atoms with Gasteiger partial charge in [0, 0.05) is 30.5 Å². The molecule has 0 saturated carbocycles. The van der Waals surface area contributed by atoms with Gasteiger partial charge in [0.25, 0.3) is 0 Å². The highest BCUT2D eigenvalue weighted by molar-refractivity contribution is 5.91. The fourth-order valence-electron chi connectivity index (χ4n) is 4.10. The van der Waals surface area contributed by atoms with Gasteiger partial charge in [-0.3, -0.25) is 4.79 Å². The summed E-state index contributed by atoms with van der Waals surface area (Å²) < 4.78 is 22.7. The summed E-state index contributed by atoms with van der Waals surface area (Å²) in [6.45, 7) is 5.09. The molecule has 0 spiro atoms. The molecule has 36 heavy (non-hydrogen) atoms. The Morgan fingerprint density at radius 3 is 2.25 bits per heavy atom. The van der Waals surface area contributed by atoms with Crippen LogP contribution in [0.15, 0.2) is 36.4 Å². The lowest BCUT2D eigenvalue weighted by molar-refractivity contribution is -0.136. The molecule has 1 aliphatic heterocycles. The number of benzene rings is 2. The molecule has 1 fully saturated rings. The Balaban J connectivity index is 0.00000361. The molecule has 0 radical (unpaired) electrons. The molecule has 2 heterocycles. The van der Waals surface area contributed by atoms with E-state index >= 15 is 0 Å². The number of rotatable bonds is 7. The number of nitrogen functional groups attached to an aromatic ring is 1. The monoisotopic (exact) mass is 517 g/mol. The zero-order valence-corrected chi connectivity index (χ0v) is 21.9. The zero-order valence-electron chi connectivity index (χ0n) is 21.1. The van der Waals surface area contributed by atoms with Crippen molar-refractivity contribution in [2.75, 3.05) is 51.6 Å². The summed E-state index contributed by atoms with van der Waals surface area (Å²) in [4.78, 5) is 25.8. The predicted molar refractivity (Wildman–Crippen MR) is 140 cm³/mol. The van der Waals surface area contributed by atoms with E-state index in [4.69, 9.17) is 29.7 Å². The average molecular weight is 518 g/mol. The van der Waals surface area contributed by atoms with Crippen LogP contribution in [0.4, 0.5) is 11.8 Å². The molecule has 10 nitrogen and oxygen atoms in total. The summed E-state index contributed by atoms with van der Waals surface area (Å²) in [5.41, 5.74) is 6.95. The number of carbonyl (C=O) groups excluding carboxylic acids is 1. The van der Waals surface area contributed by atoms with Crippen LogP contribution < -0.4 is 29.6 Å². The molecule has 194 valence electrons. The highest BCUT2D eigenvalue weighted by atomic mass is 35.5. The maximum atomic E-state index is 12.8. The Bertz CT molecular complexity index is 1220. The molecule has 3 aromatic rings. The second-order valence-electron chi connectivity index (χ2n) is 8.49. The molecule has 11 heteroatoms. The number of para-hydroxylation sites is 2. The quantitative estimate of drug-likeness (QED) is 0.504. The molecule has 0 bridgehead atoms. The van der Waals surface area contributed by atoms with Gasteiger partial charge in [0.1, 0.15) is 5.82 Å². The molecule has 2 N–H and O–H groups in total. The van der Waals surface area contributed by atoms with Gasteiger partial charge in [0.15, 0.2) is 29.2 Å². The average Bonchev–Trinajstić information content (AvgIpc) is 2.87. The van der Waals surface area contributed by atoms with Crippen molar-refractivity contribution < 1.29 is 23.7 Å². The van der Waals surface area contributed by atoms with E-state index in [1.54, 1.807) is 38.4 Å². The van der Waals surface area contributed by atoms with Crippen molar-refractivity contribution >= 4 is 41.0 Å². The highest BCUT2D eigenvalue weighted by Crippen LogP contribution is 2.35. The molecule has 1 atom stereocenters. The van der Waals surface area contributed by atoms with E-state index in [1.165, 1.54) is 0 Å². The fourth-order valence-corrected chi connectivity index (χ4v) is 4.10. The summed E-state index contributed by atoms with van der Waals surface area (Å²) >= 11 is 0. The first-order chi connectivity index (χ1) is 16.9. The molecule has 1 amide bonds. The van der Waals surface area contributed by atoms with Gasteiger partial charge in [-0.2, -0.15) is 4.98 Å². The van der Waals surface area contributed by atoms with Crippen LogP contribution in [0, 0.1) is 5.92 Å². The van der Waals surface area contributed by atoms with E-state index in [0.29, 0.717) is 65.3 Å². The highest BCUT2D eigenvalue weighted by Gasteiger charge is 2.34. The van der Waals surface area contributed by atoms with Gasteiger partial charge in [-0.05, 0) is 18.2 Å². The van der Waals surface area contributed by atoms with Gasteiger partial charge < -0.3 is 34.5 Å². The number of anilines is 2. The number of amides is 1. The van der Waals surface area contributed by atoms with E-state index in [2.05, 4.69) is 4.98 Å². The van der Waals surface area contributed by atoms with Gasteiger partial charge in [-0.25, -0.2) is 4.98 Å². The topological polar surface area (TPSA) is 112 Å². The number of ether oxygens (including phenoxy) is 4. The van der Waals surface area contributed by atoms with Crippen LogP contribution in [0.1, 0.15) is 13.8 Å². The van der Waals surface area contributed by atoms with Crippen molar-refractivity contribution in [1.82, 2.24) is 14.9 Å². The lowest BCUT2D eigenvalue weighted by atomic mass is 10.1. The van der Waals surface area contributed by atoms with Crippen molar-refractivity contribution in [2.24, 2.45) is 5.92 Å². The Labute approximate surface area is 216 Å². The van der Waals surface area contributed by atoms with Crippen LogP contribution in [0.2, 0.25) is 0 Å². The largest absolute Gasteiger partial charge is 0.493 e. The minimum atomic E-state index is -0.556. The minimum absolute atomic E-state index is 0. The smallest absolute Gasteiger partial charge is 0.230 e. The molecule has 4 rings (SSSR count). The molecule has 2 aromatic carbocycles. The Morgan fingerprint density at radius 2 is 1.61 bits per heavy atom. The van der Waals surface area contributed by atoms with Gasteiger partial charge in [-0.1, -0.05) is 26.0 Å². The van der Waals surface area contributed by atoms with E-state index in [-0.39, 0.29) is 24.2 Å². The number of piperazine rings is 1. The third-order valence-corrected chi connectivity index (χ3v) is 5.95. The van der Waals surface area contributed by atoms with E-state index in [1.807, 2.05) is 43.0 Å². The van der Waals surface area contributed by atoms with E-state index in [9.17, 15) is 4.79 Å². The second kappa shape index (κ2) is 11.4. The number of methoxy groups -OCH3 is 3. The third kappa shape index (κ3) is 5.28. The number of aromatic nitrogens is 2. The van der Waals surface area contributed by atoms with E-state index in [0.717, 1.165) is 0 Å². The second-order valence-corrected chi connectivity index (χ2v) is 8.49. The number of fused-ring (bicyclic) bond motifs is 1. The van der Waals surface area contributed by atoms with Crippen LogP contribution in [0.5, 0.6) is 23.0 Å². The number of hydrogen-bond donors (Lipinski definition) is 1. The van der Waals surface area contributed by atoms with Gasteiger partial charge >= 0.3 is 0 Å². The van der Waals surface area contributed by atoms with Gasteiger partial charge in [-0.15, -0.1) is 12.4 Å². The third-order valence-electron chi connectivity index (χ3n) is 5.95. The first-order valence-corrected chi connectivity index (χ1v) is 11.4. The van der Waals surface area contributed by atoms with Crippen LogP contribution >= 0.6 is 12.4 Å². The number of hydrogen-bond acceptors (Lipinski definition) is 9.